The number of hydrogen-bond acceptors (Lipinski definition) is 4. The van der Waals surface area contributed by atoms with Crippen LogP contribution in [0.3, 0.4) is 0 Å². The Morgan fingerprint density at radius 2 is 1.29 bits per heavy atom. The first-order chi connectivity index (χ1) is 21.9. The smallest absolute Gasteiger partial charge is 0.258 e. The molecule has 2 aliphatic rings. The third-order valence-electron chi connectivity index (χ3n) is 8.89. The fourth-order valence-electron chi connectivity index (χ4n) is 7.00. The van der Waals surface area contributed by atoms with E-state index in [1.54, 1.807) is 53.4 Å². The highest BCUT2D eigenvalue weighted by Crippen LogP contribution is 2.61. The van der Waals surface area contributed by atoms with Crippen LogP contribution in [0, 0.1) is 5.41 Å². The molecule has 2 heterocycles. The number of hydrogen-bond donors (Lipinski definition) is 1. The van der Waals surface area contributed by atoms with E-state index in [0.29, 0.717) is 34.5 Å². The highest BCUT2D eigenvalue weighted by atomic mass is 79.9. The largest absolute Gasteiger partial charge is 0.360 e. The lowest BCUT2D eigenvalue weighted by molar-refractivity contribution is -0.124. The van der Waals surface area contributed by atoms with Crippen LogP contribution < -0.4 is 10.2 Å². The van der Waals surface area contributed by atoms with Crippen molar-refractivity contribution >= 4 is 56.3 Å². The van der Waals surface area contributed by atoms with E-state index in [4.69, 9.17) is 12.2 Å². The highest BCUT2D eigenvalue weighted by Gasteiger charge is 2.73. The molecule has 2 aliphatic heterocycles. The predicted octanol–water partition coefficient (Wildman–Crippen LogP) is 7.66. The summed E-state index contributed by atoms with van der Waals surface area (Å²) in [5.74, 6) is -2.21. The maximum absolute atomic E-state index is 15.2. The standard InChI is InChI=1S/C38H27BrN2O3S/c39-29-20-12-19-28(23-29)32-37(33(42)26-15-6-2-7-16-26,34(43)27-17-8-3-9-18-27)35(45)40-38(32)30-21-10-11-22-31(30)41(36(38)44)24-25-13-4-1-5-14-25/h1-23,32H,24H2,(H,40,45). The second-order valence-electron chi connectivity index (χ2n) is 11.3. The number of ketones is 2. The number of carbonyl (C=O) groups excluding carboxylic acids is 3. The Morgan fingerprint density at radius 1 is 0.733 bits per heavy atom. The van der Waals surface area contributed by atoms with Crippen LogP contribution in [-0.2, 0) is 16.9 Å². The Balaban J connectivity index is 1.54. The number of rotatable bonds is 7. The number of fused-ring (bicyclic) bond motifs is 2. The lowest BCUT2D eigenvalue weighted by atomic mass is 9.59. The summed E-state index contributed by atoms with van der Waals surface area (Å²) in [6.07, 6.45) is 0. The van der Waals surface area contributed by atoms with Crippen LogP contribution in [0.1, 0.15) is 43.3 Å². The second-order valence-corrected chi connectivity index (χ2v) is 12.7. The Bertz CT molecular complexity index is 1910. The number of carbonyl (C=O) groups is 3. The van der Waals surface area contributed by atoms with Crippen LogP contribution in [0.25, 0.3) is 0 Å². The van der Waals surface area contributed by atoms with Crippen molar-refractivity contribution in [2.45, 2.75) is 18.0 Å². The number of para-hydroxylation sites is 1. The average molecular weight is 672 g/mol. The normalized spacial score (nSPS) is 19.8. The van der Waals surface area contributed by atoms with Gasteiger partial charge in [-0.25, -0.2) is 0 Å². The summed E-state index contributed by atoms with van der Waals surface area (Å²) in [5, 5.41) is 3.39. The topological polar surface area (TPSA) is 66.5 Å². The Hall–Kier alpha value is -4.72. The number of nitrogens with zero attached hydrogens (tertiary/aromatic N) is 1. The van der Waals surface area contributed by atoms with E-state index in [9.17, 15) is 0 Å². The molecule has 45 heavy (non-hydrogen) atoms. The summed E-state index contributed by atoms with van der Waals surface area (Å²) in [4.78, 5) is 47.2. The van der Waals surface area contributed by atoms with Gasteiger partial charge >= 0.3 is 0 Å². The number of nitrogens with one attached hydrogen (secondary N) is 1. The van der Waals surface area contributed by atoms with Gasteiger partial charge in [0, 0.05) is 27.1 Å². The molecule has 1 amide bonds. The van der Waals surface area contributed by atoms with Crippen LogP contribution in [0.4, 0.5) is 5.69 Å². The summed E-state index contributed by atoms with van der Waals surface area (Å²) in [6.45, 7) is 0.310. The van der Waals surface area contributed by atoms with Crippen molar-refractivity contribution in [1.29, 1.82) is 0 Å². The van der Waals surface area contributed by atoms with E-state index in [1.165, 1.54) is 0 Å². The van der Waals surface area contributed by atoms with E-state index < -0.39 is 28.4 Å². The van der Waals surface area contributed by atoms with Gasteiger partial charge < -0.3 is 10.2 Å². The maximum Gasteiger partial charge on any atom is 0.258 e. The van der Waals surface area contributed by atoms with Gasteiger partial charge in [0.1, 0.15) is 0 Å². The molecule has 0 bridgehead atoms. The zero-order valence-corrected chi connectivity index (χ0v) is 26.4. The van der Waals surface area contributed by atoms with Crippen molar-refractivity contribution in [2.75, 3.05) is 4.90 Å². The Labute approximate surface area is 275 Å². The van der Waals surface area contributed by atoms with Gasteiger partial charge in [0.15, 0.2) is 22.5 Å². The minimum absolute atomic E-state index is 0.0277. The third-order valence-corrected chi connectivity index (χ3v) is 9.81. The van der Waals surface area contributed by atoms with Gasteiger partial charge in [-0.1, -0.05) is 149 Å². The van der Waals surface area contributed by atoms with Crippen LogP contribution in [-0.4, -0.2) is 22.5 Å². The minimum Gasteiger partial charge on any atom is -0.360 e. The molecule has 1 spiro atoms. The number of halogens is 1. The quantitative estimate of drug-likeness (QED) is 0.109. The monoisotopic (exact) mass is 670 g/mol. The van der Waals surface area contributed by atoms with Gasteiger partial charge in [-0.3, -0.25) is 14.4 Å². The van der Waals surface area contributed by atoms with Gasteiger partial charge in [-0.2, -0.15) is 0 Å². The highest BCUT2D eigenvalue weighted by molar-refractivity contribution is 9.10. The van der Waals surface area contributed by atoms with Crippen molar-refractivity contribution in [2.24, 2.45) is 5.41 Å². The summed E-state index contributed by atoms with van der Waals surface area (Å²) in [6, 6.07) is 42.3. The lowest BCUT2D eigenvalue weighted by Gasteiger charge is -2.37. The average Bonchev–Trinajstić information content (AvgIpc) is 3.49. The number of anilines is 1. The Kier molecular flexibility index (Phi) is 7.30. The summed E-state index contributed by atoms with van der Waals surface area (Å²) in [5.41, 5.74) is 0.145. The molecule has 5 aromatic rings. The van der Waals surface area contributed by atoms with Gasteiger partial charge in [-0.05, 0) is 29.3 Å². The second kappa shape index (κ2) is 11.3. The number of Topliss-reactive ketones (excluding diaryl/α,β-unsaturated/α-hetero) is 2. The van der Waals surface area contributed by atoms with Crippen LogP contribution in [0.15, 0.2) is 144 Å². The first-order valence-corrected chi connectivity index (χ1v) is 15.8. The molecule has 5 nitrogen and oxygen atoms in total. The molecule has 0 aromatic heterocycles. The molecule has 2 atom stereocenters. The molecule has 220 valence electrons. The molecule has 5 aromatic carbocycles. The molecule has 1 saturated heterocycles. The molecule has 7 rings (SSSR count). The first-order valence-electron chi connectivity index (χ1n) is 14.6. The van der Waals surface area contributed by atoms with Crippen molar-refractivity contribution < 1.29 is 14.4 Å². The van der Waals surface area contributed by atoms with E-state index in [2.05, 4.69) is 21.2 Å². The lowest BCUT2D eigenvalue weighted by Crippen LogP contribution is -2.52. The third kappa shape index (κ3) is 4.41. The fourth-order valence-corrected chi connectivity index (χ4v) is 7.88. The minimum atomic E-state index is -1.94. The first kappa shape index (κ1) is 29.0. The van der Waals surface area contributed by atoms with E-state index in [0.717, 1.165) is 10.0 Å². The number of thiocarbonyl (C=S) groups is 1. The summed E-state index contributed by atoms with van der Waals surface area (Å²) < 4.78 is 0.751. The SMILES string of the molecule is O=C(c1ccccc1)C1(C(=O)c2ccccc2)C(=S)NC2(C(=O)N(Cc3ccccc3)c3ccccc32)C1c1cccc(Br)c1. The van der Waals surface area contributed by atoms with Gasteiger partial charge in [-0.15, -0.1) is 0 Å². The number of benzene rings is 5. The van der Waals surface area contributed by atoms with Crippen molar-refractivity contribution in [3.05, 3.63) is 172 Å². The maximum atomic E-state index is 15.2. The van der Waals surface area contributed by atoms with Gasteiger partial charge in [0.2, 0.25) is 0 Å². The molecule has 7 heteroatoms. The summed E-state index contributed by atoms with van der Waals surface area (Å²) in [7, 11) is 0. The summed E-state index contributed by atoms with van der Waals surface area (Å²) >= 11 is 9.75. The van der Waals surface area contributed by atoms with Crippen molar-refractivity contribution in [3.8, 4) is 0 Å². The number of amides is 1. The zero-order valence-electron chi connectivity index (χ0n) is 24.0. The molecule has 0 aliphatic carbocycles. The molecule has 1 fully saturated rings. The molecule has 0 saturated carbocycles. The van der Waals surface area contributed by atoms with Crippen molar-refractivity contribution in [3.63, 3.8) is 0 Å². The molecule has 1 N–H and O–H groups in total. The van der Waals surface area contributed by atoms with Crippen LogP contribution >= 0.6 is 28.1 Å². The van der Waals surface area contributed by atoms with Crippen molar-refractivity contribution in [1.82, 2.24) is 5.32 Å². The van der Waals surface area contributed by atoms with Gasteiger partial charge in [0.25, 0.3) is 5.91 Å². The fraction of sp³-hybridized carbons (Fsp3) is 0.105. The zero-order chi connectivity index (χ0) is 31.2. The molecule has 0 radical (unpaired) electrons. The molecular formula is C38H27BrN2O3S. The van der Waals surface area contributed by atoms with Gasteiger partial charge in [0.05, 0.1) is 17.2 Å². The molecular weight excluding hydrogens is 644 g/mol. The van der Waals surface area contributed by atoms with E-state index >= 15 is 14.4 Å². The van der Waals surface area contributed by atoms with Crippen LogP contribution in [0.2, 0.25) is 0 Å². The Morgan fingerprint density at radius 3 is 1.89 bits per heavy atom. The van der Waals surface area contributed by atoms with E-state index in [-0.39, 0.29) is 10.9 Å². The van der Waals surface area contributed by atoms with E-state index in [1.807, 2.05) is 91.0 Å². The predicted molar refractivity (Wildman–Crippen MR) is 182 cm³/mol. The molecule has 2 unspecified atom stereocenters. The van der Waals surface area contributed by atoms with Crippen LogP contribution in [0.5, 0.6) is 0 Å².